The summed E-state index contributed by atoms with van der Waals surface area (Å²) in [6.45, 7) is 5.66. The Morgan fingerprint density at radius 2 is 2.00 bits per heavy atom. The molecule has 2 heterocycles. The van der Waals surface area contributed by atoms with E-state index in [2.05, 4.69) is 49.1 Å². The van der Waals surface area contributed by atoms with Crippen molar-refractivity contribution in [2.45, 2.75) is 51.1 Å². The number of fused-ring (bicyclic) bond motifs is 1. The summed E-state index contributed by atoms with van der Waals surface area (Å²) in [6.07, 6.45) is 2.25. The lowest BCUT2D eigenvalue weighted by Gasteiger charge is -2.36. The molecule has 4 atom stereocenters. The molecule has 0 radical (unpaired) electrons. The van der Waals surface area contributed by atoms with Gasteiger partial charge in [-0.15, -0.1) is 0 Å². The van der Waals surface area contributed by atoms with E-state index in [-0.39, 0.29) is 0 Å². The first-order chi connectivity index (χ1) is 7.75. The number of hydrogen-bond donors (Lipinski definition) is 0. The van der Waals surface area contributed by atoms with E-state index in [1.165, 1.54) is 12.0 Å². The van der Waals surface area contributed by atoms with Gasteiger partial charge in [0.2, 0.25) is 0 Å². The van der Waals surface area contributed by atoms with E-state index in [4.69, 9.17) is 4.74 Å². The lowest BCUT2D eigenvalue weighted by atomic mass is 9.97. The molecule has 0 spiro atoms. The summed E-state index contributed by atoms with van der Waals surface area (Å²) >= 11 is 0. The molecule has 0 aliphatic carbocycles. The van der Waals surface area contributed by atoms with Crippen LogP contribution in [0.25, 0.3) is 0 Å². The molecule has 2 fully saturated rings. The number of ether oxygens (including phenoxy) is 1. The van der Waals surface area contributed by atoms with Crippen LogP contribution < -0.4 is 0 Å². The van der Waals surface area contributed by atoms with Crippen molar-refractivity contribution < 1.29 is 4.74 Å². The van der Waals surface area contributed by atoms with Gasteiger partial charge in [0.15, 0.2) is 0 Å². The molecule has 1 aromatic carbocycles. The van der Waals surface area contributed by atoms with Crippen LogP contribution in [0, 0.1) is 0 Å². The van der Waals surface area contributed by atoms with Gasteiger partial charge in [0.05, 0.1) is 12.2 Å². The molecule has 2 aliphatic heterocycles. The van der Waals surface area contributed by atoms with Crippen molar-refractivity contribution in [1.82, 2.24) is 4.90 Å². The van der Waals surface area contributed by atoms with E-state index in [1.807, 2.05) is 0 Å². The van der Waals surface area contributed by atoms with Crippen LogP contribution in [0.1, 0.15) is 25.8 Å². The summed E-state index contributed by atoms with van der Waals surface area (Å²) in [5, 5.41) is 0. The van der Waals surface area contributed by atoms with Gasteiger partial charge in [-0.3, -0.25) is 4.90 Å². The third-order valence-corrected chi connectivity index (χ3v) is 3.97. The van der Waals surface area contributed by atoms with Gasteiger partial charge in [0.25, 0.3) is 0 Å². The minimum Gasteiger partial charge on any atom is -0.368 e. The second-order valence-corrected chi connectivity index (χ2v) is 5.12. The first-order valence-electron chi connectivity index (χ1n) is 6.21. The maximum Gasteiger partial charge on any atom is 0.0994 e. The average Bonchev–Trinajstić information content (AvgIpc) is 3.05. The Bertz CT molecular complexity index is 364. The molecule has 4 unspecified atom stereocenters. The minimum atomic E-state index is 0.500. The van der Waals surface area contributed by atoms with Crippen molar-refractivity contribution in [2.24, 2.45) is 0 Å². The van der Waals surface area contributed by atoms with Crippen LogP contribution in [0.2, 0.25) is 0 Å². The topological polar surface area (TPSA) is 15.8 Å². The van der Waals surface area contributed by atoms with Crippen molar-refractivity contribution >= 4 is 0 Å². The van der Waals surface area contributed by atoms with Crippen molar-refractivity contribution in [3.8, 4) is 0 Å². The fourth-order valence-corrected chi connectivity index (χ4v) is 2.93. The van der Waals surface area contributed by atoms with Crippen LogP contribution in [-0.4, -0.2) is 29.2 Å². The lowest BCUT2D eigenvalue weighted by Crippen LogP contribution is -2.47. The Balaban J connectivity index is 1.73. The van der Waals surface area contributed by atoms with Crippen molar-refractivity contribution in [1.29, 1.82) is 0 Å². The minimum absolute atomic E-state index is 0.500. The number of epoxide rings is 1. The second-order valence-electron chi connectivity index (χ2n) is 5.12. The standard InChI is InChI=1S/C14H19NO/c1-10-8-13-14(16-13)11(2)15(10)9-12-6-4-3-5-7-12/h3-7,10-11,13-14H,8-9H2,1-2H3. The molecule has 2 nitrogen and oxygen atoms in total. The molecule has 0 amide bonds. The molecule has 0 bridgehead atoms. The molecular formula is C14H19NO. The highest BCUT2D eigenvalue weighted by molar-refractivity contribution is 5.15. The van der Waals surface area contributed by atoms with Gasteiger partial charge in [-0.2, -0.15) is 0 Å². The molecule has 0 N–H and O–H groups in total. The lowest BCUT2D eigenvalue weighted by molar-refractivity contribution is 0.110. The monoisotopic (exact) mass is 217 g/mol. The maximum absolute atomic E-state index is 5.69. The van der Waals surface area contributed by atoms with E-state index in [1.54, 1.807) is 0 Å². The molecule has 16 heavy (non-hydrogen) atoms. The molecule has 86 valence electrons. The molecule has 3 rings (SSSR count). The van der Waals surface area contributed by atoms with Crippen molar-refractivity contribution in [2.75, 3.05) is 0 Å². The Morgan fingerprint density at radius 3 is 2.75 bits per heavy atom. The molecular weight excluding hydrogens is 198 g/mol. The number of rotatable bonds is 2. The first-order valence-corrected chi connectivity index (χ1v) is 6.21. The van der Waals surface area contributed by atoms with Gasteiger partial charge in [-0.05, 0) is 25.8 Å². The summed E-state index contributed by atoms with van der Waals surface area (Å²) in [6, 6.07) is 11.9. The van der Waals surface area contributed by atoms with E-state index < -0.39 is 0 Å². The summed E-state index contributed by atoms with van der Waals surface area (Å²) in [5.74, 6) is 0. The predicted octanol–water partition coefficient (Wildman–Crippen LogP) is 2.44. The van der Waals surface area contributed by atoms with Crippen LogP contribution in [0.4, 0.5) is 0 Å². The van der Waals surface area contributed by atoms with Crippen molar-refractivity contribution in [3.05, 3.63) is 35.9 Å². The highest BCUT2D eigenvalue weighted by Crippen LogP contribution is 2.39. The SMILES string of the molecule is CC1CC2OC2C(C)N1Cc1ccccc1. The molecule has 2 heteroatoms. The third-order valence-electron chi connectivity index (χ3n) is 3.97. The Hall–Kier alpha value is -0.860. The maximum atomic E-state index is 5.69. The van der Waals surface area contributed by atoms with Crippen LogP contribution in [0.5, 0.6) is 0 Å². The van der Waals surface area contributed by atoms with Gasteiger partial charge in [-0.1, -0.05) is 30.3 Å². The molecule has 0 aromatic heterocycles. The van der Waals surface area contributed by atoms with Crippen LogP contribution >= 0.6 is 0 Å². The largest absolute Gasteiger partial charge is 0.368 e. The van der Waals surface area contributed by atoms with Gasteiger partial charge < -0.3 is 4.74 Å². The number of piperidine rings is 1. The summed E-state index contributed by atoms with van der Waals surface area (Å²) in [5.41, 5.74) is 1.40. The number of likely N-dealkylation sites (tertiary alicyclic amines) is 1. The zero-order chi connectivity index (χ0) is 11.1. The van der Waals surface area contributed by atoms with Crippen LogP contribution in [-0.2, 0) is 11.3 Å². The summed E-state index contributed by atoms with van der Waals surface area (Å²) in [7, 11) is 0. The van der Waals surface area contributed by atoms with Crippen molar-refractivity contribution in [3.63, 3.8) is 0 Å². The van der Waals surface area contributed by atoms with Crippen LogP contribution in [0.3, 0.4) is 0 Å². The first kappa shape index (κ1) is 10.3. The number of benzene rings is 1. The molecule has 2 saturated heterocycles. The Morgan fingerprint density at radius 1 is 1.25 bits per heavy atom. The molecule has 2 aliphatic rings. The highest BCUT2D eigenvalue weighted by Gasteiger charge is 2.50. The van der Waals surface area contributed by atoms with Gasteiger partial charge in [-0.25, -0.2) is 0 Å². The smallest absolute Gasteiger partial charge is 0.0994 e. The Labute approximate surface area is 97.2 Å². The summed E-state index contributed by atoms with van der Waals surface area (Å²) < 4.78 is 5.69. The Kier molecular flexibility index (Phi) is 2.49. The van der Waals surface area contributed by atoms with E-state index in [9.17, 15) is 0 Å². The zero-order valence-corrected chi connectivity index (χ0v) is 9.97. The fraction of sp³-hybridized carbons (Fsp3) is 0.571. The normalized spacial score (nSPS) is 38.1. The zero-order valence-electron chi connectivity index (χ0n) is 9.97. The van der Waals surface area contributed by atoms with Gasteiger partial charge in [0, 0.05) is 18.6 Å². The van der Waals surface area contributed by atoms with Gasteiger partial charge in [0.1, 0.15) is 0 Å². The number of nitrogens with zero attached hydrogens (tertiary/aromatic N) is 1. The molecule has 0 saturated carbocycles. The van der Waals surface area contributed by atoms with E-state index in [0.29, 0.717) is 24.3 Å². The summed E-state index contributed by atoms with van der Waals surface area (Å²) in [4.78, 5) is 2.57. The third kappa shape index (κ3) is 1.76. The second kappa shape index (κ2) is 3.86. The fourth-order valence-electron chi connectivity index (χ4n) is 2.93. The highest BCUT2D eigenvalue weighted by atomic mass is 16.6. The van der Waals surface area contributed by atoms with E-state index in [0.717, 1.165) is 6.54 Å². The molecule has 1 aromatic rings. The van der Waals surface area contributed by atoms with E-state index >= 15 is 0 Å². The number of hydrogen-bond acceptors (Lipinski definition) is 2. The van der Waals surface area contributed by atoms with Crippen LogP contribution in [0.15, 0.2) is 30.3 Å². The predicted molar refractivity (Wildman–Crippen MR) is 64.2 cm³/mol. The average molecular weight is 217 g/mol. The van der Waals surface area contributed by atoms with Gasteiger partial charge >= 0.3 is 0 Å². The quantitative estimate of drug-likeness (QED) is 0.707.